The molecule has 0 saturated carbocycles. The third-order valence-corrected chi connectivity index (χ3v) is 2.63. The van der Waals surface area contributed by atoms with Crippen LogP contribution in [0.3, 0.4) is 0 Å². The molecule has 2 heteroatoms. The van der Waals surface area contributed by atoms with Crippen molar-refractivity contribution < 1.29 is 19.8 Å². The van der Waals surface area contributed by atoms with Crippen molar-refractivity contribution in [3.8, 4) is 11.3 Å². The monoisotopic (exact) mass is 252 g/mol. The normalized spacial score (nSPS) is 9.85. The molecule has 0 N–H and O–H groups in total. The van der Waals surface area contributed by atoms with Gasteiger partial charge in [-0.2, -0.15) is 0 Å². The molecule has 13 heavy (non-hydrogen) atoms. The summed E-state index contributed by atoms with van der Waals surface area (Å²) in [5.41, 5.74) is 2.26. The maximum atomic E-state index is 4.35. The maximum absolute atomic E-state index is 4.35. The van der Waals surface area contributed by atoms with E-state index in [4.69, 9.17) is 0 Å². The van der Waals surface area contributed by atoms with Gasteiger partial charge in [0.25, 0.3) is 0 Å². The van der Waals surface area contributed by atoms with Crippen LogP contribution >= 0.6 is 0 Å². The van der Waals surface area contributed by atoms with E-state index in [1.807, 2.05) is 50.3 Å². The van der Waals surface area contributed by atoms with Crippen molar-refractivity contribution in [3.05, 3.63) is 48.7 Å². The van der Waals surface area contributed by atoms with E-state index in [9.17, 15) is 0 Å². The number of benzene rings is 1. The van der Waals surface area contributed by atoms with Crippen LogP contribution in [-0.2, 0) is 19.8 Å². The van der Waals surface area contributed by atoms with Crippen LogP contribution in [0.2, 0.25) is 0 Å². The van der Waals surface area contributed by atoms with Crippen molar-refractivity contribution >= 4 is 3.95 Å². The van der Waals surface area contributed by atoms with E-state index >= 15 is 0 Å². The van der Waals surface area contributed by atoms with E-state index in [2.05, 4.69) is 23.2 Å². The Morgan fingerprint density at radius 1 is 0.923 bits per heavy atom. The zero-order valence-corrected chi connectivity index (χ0v) is 8.98. The van der Waals surface area contributed by atoms with Gasteiger partial charge in [-0.25, -0.2) is 0 Å². The summed E-state index contributed by atoms with van der Waals surface area (Å²) in [6, 6.07) is 14.3. The van der Waals surface area contributed by atoms with Crippen molar-refractivity contribution in [1.82, 2.24) is 4.98 Å². The summed E-state index contributed by atoms with van der Waals surface area (Å²) in [6.07, 6.45) is 1.83. The Morgan fingerprint density at radius 2 is 1.69 bits per heavy atom. The number of nitrogens with zero attached hydrogens (tertiary/aromatic N) is 1. The van der Waals surface area contributed by atoms with Crippen LogP contribution in [0, 0.1) is 0 Å². The third kappa shape index (κ3) is 1.86. The molecule has 0 unspecified atom stereocenters. The predicted molar refractivity (Wildman–Crippen MR) is 49.3 cm³/mol. The first-order chi connectivity index (χ1) is 6.38. The molecule has 0 aliphatic carbocycles. The SMILES string of the molecule is [Mo][c]1cccnc1-c1ccccc1. The average molecular weight is 250 g/mol. The Morgan fingerprint density at radius 3 is 2.38 bits per heavy atom. The van der Waals surface area contributed by atoms with Crippen LogP contribution in [0.1, 0.15) is 0 Å². The van der Waals surface area contributed by atoms with Crippen molar-refractivity contribution in [1.29, 1.82) is 0 Å². The molecule has 0 atom stereocenters. The molecule has 0 saturated heterocycles. The van der Waals surface area contributed by atoms with E-state index in [1.54, 1.807) is 0 Å². The van der Waals surface area contributed by atoms with Crippen LogP contribution in [0.15, 0.2) is 48.7 Å². The Bertz CT molecular complexity index is 398. The van der Waals surface area contributed by atoms with Gasteiger partial charge in [0.05, 0.1) is 0 Å². The van der Waals surface area contributed by atoms with E-state index in [-0.39, 0.29) is 0 Å². The quantitative estimate of drug-likeness (QED) is 0.704. The molecule has 1 aromatic heterocycles. The van der Waals surface area contributed by atoms with Gasteiger partial charge in [-0.05, 0) is 0 Å². The first kappa shape index (κ1) is 8.65. The molecular weight excluding hydrogens is 242 g/mol. The number of aromatic nitrogens is 1. The summed E-state index contributed by atoms with van der Waals surface area (Å²) in [5.74, 6) is 0. The molecule has 0 amide bonds. The average Bonchev–Trinajstić information content (AvgIpc) is 2.20. The van der Waals surface area contributed by atoms with E-state index in [0.29, 0.717) is 0 Å². The van der Waals surface area contributed by atoms with E-state index in [0.717, 1.165) is 5.69 Å². The molecular formula is C11H8MoN. The number of hydrogen-bond acceptors (Lipinski definition) is 1. The van der Waals surface area contributed by atoms with Crippen molar-refractivity contribution in [2.45, 2.75) is 0 Å². The summed E-state index contributed by atoms with van der Waals surface area (Å²) in [4.78, 5) is 4.35. The van der Waals surface area contributed by atoms with Gasteiger partial charge in [-0.15, -0.1) is 0 Å². The molecule has 63 valence electrons. The van der Waals surface area contributed by atoms with E-state index < -0.39 is 0 Å². The minimum atomic E-state index is 1.08. The van der Waals surface area contributed by atoms with Crippen LogP contribution in [0.4, 0.5) is 0 Å². The number of pyridine rings is 1. The van der Waals surface area contributed by atoms with E-state index in [1.165, 1.54) is 9.52 Å². The first-order valence-corrected chi connectivity index (χ1v) is 5.06. The molecule has 0 fully saturated rings. The second-order valence-corrected chi connectivity index (χ2v) is 3.80. The summed E-state index contributed by atoms with van der Waals surface area (Å²) >= 11 is 2.00. The summed E-state index contributed by atoms with van der Waals surface area (Å²) in [5, 5.41) is 0. The molecule has 0 aliphatic heterocycles. The summed E-state index contributed by atoms with van der Waals surface area (Å²) < 4.78 is 1.23. The Labute approximate surface area is 88.7 Å². The van der Waals surface area contributed by atoms with Gasteiger partial charge in [0.15, 0.2) is 0 Å². The van der Waals surface area contributed by atoms with Gasteiger partial charge in [-0.1, -0.05) is 0 Å². The predicted octanol–water partition coefficient (Wildman–Crippen LogP) is 1.92. The zero-order chi connectivity index (χ0) is 9.10. The Kier molecular flexibility index (Phi) is 2.56. The standard InChI is InChI=1S/C11H8N.Mo/c1-2-6-10(7-3-1)11-8-4-5-9-12-11;/h1-7,9H;. The van der Waals surface area contributed by atoms with Gasteiger partial charge in [0, 0.05) is 0 Å². The fourth-order valence-corrected chi connectivity index (χ4v) is 1.82. The molecule has 1 aromatic carbocycles. The first-order valence-electron chi connectivity index (χ1n) is 4.05. The molecule has 2 aromatic rings. The minimum absolute atomic E-state index is 1.08. The van der Waals surface area contributed by atoms with Crippen LogP contribution in [-0.4, -0.2) is 4.98 Å². The molecule has 0 bridgehead atoms. The second-order valence-electron chi connectivity index (χ2n) is 2.72. The van der Waals surface area contributed by atoms with Crippen LogP contribution < -0.4 is 3.95 Å². The zero-order valence-electron chi connectivity index (χ0n) is 6.97. The molecule has 1 nitrogen and oxygen atoms in total. The fourth-order valence-electron chi connectivity index (χ4n) is 1.20. The summed E-state index contributed by atoms with van der Waals surface area (Å²) in [7, 11) is 0. The van der Waals surface area contributed by atoms with Gasteiger partial charge in [0.2, 0.25) is 0 Å². The van der Waals surface area contributed by atoms with Crippen LogP contribution in [0.5, 0.6) is 0 Å². The number of hydrogen-bond donors (Lipinski definition) is 0. The molecule has 0 aliphatic rings. The number of rotatable bonds is 1. The molecule has 0 radical (unpaired) electrons. The Hall–Kier alpha value is -0.942. The van der Waals surface area contributed by atoms with Crippen molar-refractivity contribution in [2.24, 2.45) is 0 Å². The fraction of sp³-hybridized carbons (Fsp3) is 0. The van der Waals surface area contributed by atoms with Crippen molar-refractivity contribution in [3.63, 3.8) is 0 Å². The second kappa shape index (κ2) is 3.84. The third-order valence-electron chi connectivity index (χ3n) is 1.82. The topological polar surface area (TPSA) is 12.9 Å². The van der Waals surface area contributed by atoms with Gasteiger partial charge in [-0.3, -0.25) is 0 Å². The van der Waals surface area contributed by atoms with Crippen LogP contribution in [0.25, 0.3) is 11.3 Å². The van der Waals surface area contributed by atoms with Crippen molar-refractivity contribution in [2.75, 3.05) is 0 Å². The molecule has 1 heterocycles. The molecule has 0 spiro atoms. The summed E-state index contributed by atoms with van der Waals surface area (Å²) in [6.45, 7) is 0. The van der Waals surface area contributed by atoms with Gasteiger partial charge >= 0.3 is 88.7 Å². The molecule has 2 rings (SSSR count). The Balaban J connectivity index is 2.54. The van der Waals surface area contributed by atoms with Gasteiger partial charge in [0.1, 0.15) is 0 Å². The van der Waals surface area contributed by atoms with Gasteiger partial charge < -0.3 is 0 Å².